The molecule has 4 aromatic carbocycles. The lowest BCUT2D eigenvalue weighted by molar-refractivity contribution is 0.112. The van der Waals surface area contributed by atoms with Gasteiger partial charge >= 0.3 is 0 Å². The van der Waals surface area contributed by atoms with Crippen LogP contribution < -0.4 is 0 Å². The summed E-state index contributed by atoms with van der Waals surface area (Å²) < 4.78 is 2.33. The predicted molar refractivity (Wildman–Crippen MR) is 122 cm³/mol. The summed E-state index contributed by atoms with van der Waals surface area (Å²) in [4.78, 5) is 11.4. The van der Waals surface area contributed by atoms with Crippen LogP contribution in [0, 0.1) is 0 Å². The van der Waals surface area contributed by atoms with E-state index in [1.807, 2.05) is 66.7 Å². The number of fused-ring (bicyclic) bond motifs is 3. The molecule has 0 aliphatic heterocycles. The van der Waals surface area contributed by atoms with Crippen molar-refractivity contribution in [3.8, 4) is 11.1 Å². The Balaban J connectivity index is 0.000000294. The molecule has 0 radical (unpaired) electrons. The van der Waals surface area contributed by atoms with Crippen LogP contribution in [0.3, 0.4) is 0 Å². The maximum Gasteiger partial charge on any atom is 0.150 e. The minimum Gasteiger partial charge on any atom is -0.340 e. The standard InChI is InChI=1S/C21H17NO.C6H6/c1-2-22-20-11-7-6-10-17(20)19-13-15(14-23)12-18(21(19)22)16-8-4-3-5-9-16;1-2-4-6-5-3-1/h3-14H,2H2,1H3;1-6H. The highest BCUT2D eigenvalue weighted by atomic mass is 16.1. The van der Waals surface area contributed by atoms with Crippen LogP contribution in [-0.2, 0) is 6.54 Å². The van der Waals surface area contributed by atoms with Crippen LogP contribution in [0.15, 0.2) is 103 Å². The quantitative estimate of drug-likeness (QED) is 0.311. The normalized spacial score (nSPS) is 10.5. The third kappa shape index (κ3) is 3.70. The summed E-state index contributed by atoms with van der Waals surface area (Å²) in [5, 5.41) is 2.34. The number of para-hydroxylation sites is 1. The molecule has 2 nitrogen and oxygen atoms in total. The molecule has 5 aromatic rings. The fraction of sp³-hybridized carbons (Fsp3) is 0.0741. The van der Waals surface area contributed by atoms with Gasteiger partial charge in [0.1, 0.15) is 6.29 Å². The first kappa shape index (κ1) is 18.7. The number of hydrogen-bond acceptors (Lipinski definition) is 1. The molecule has 0 saturated carbocycles. The number of benzene rings is 4. The molecule has 1 heterocycles. The summed E-state index contributed by atoms with van der Waals surface area (Å²) in [7, 11) is 0. The van der Waals surface area contributed by atoms with E-state index in [2.05, 4.69) is 47.9 Å². The van der Waals surface area contributed by atoms with E-state index < -0.39 is 0 Å². The third-order valence-corrected chi connectivity index (χ3v) is 5.09. The van der Waals surface area contributed by atoms with Gasteiger partial charge in [-0.15, -0.1) is 0 Å². The lowest BCUT2D eigenvalue weighted by Gasteiger charge is -2.10. The van der Waals surface area contributed by atoms with Crippen LogP contribution in [-0.4, -0.2) is 10.9 Å². The van der Waals surface area contributed by atoms with Gasteiger partial charge in [0.25, 0.3) is 0 Å². The van der Waals surface area contributed by atoms with Gasteiger partial charge in [0.15, 0.2) is 0 Å². The lowest BCUT2D eigenvalue weighted by atomic mass is 9.99. The van der Waals surface area contributed by atoms with E-state index in [9.17, 15) is 4.79 Å². The topological polar surface area (TPSA) is 22.0 Å². The van der Waals surface area contributed by atoms with Crippen molar-refractivity contribution >= 4 is 28.1 Å². The molecule has 0 saturated heterocycles. The van der Waals surface area contributed by atoms with Crippen LogP contribution in [0.4, 0.5) is 0 Å². The number of hydrogen-bond donors (Lipinski definition) is 0. The van der Waals surface area contributed by atoms with Crippen LogP contribution in [0.5, 0.6) is 0 Å². The molecule has 0 N–H and O–H groups in total. The van der Waals surface area contributed by atoms with E-state index in [1.165, 1.54) is 16.4 Å². The van der Waals surface area contributed by atoms with E-state index >= 15 is 0 Å². The van der Waals surface area contributed by atoms with E-state index in [4.69, 9.17) is 0 Å². The molecule has 142 valence electrons. The average Bonchev–Trinajstić information content (AvgIpc) is 3.14. The van der Waals surface area contributed by atoms with Crippen LogP contribution in [0.2, 0.25) is 0 Å². The van der Waals surface area contributed by atoms with Crippen molar-refractivity contribution in [2.45, 2.75) is 13.5 Å². The SMILES string of the molecule is CCn1c2ccccc2c2cc(C=O)cc(-c3ccccc3)c21.c1ccccc1. The molecule has 0 unspecified atom stereocenters. The van der Waals surface area contributed by atoms with Gasteiger partial charge in [-0.2, -0.15) is 0 Å². The van der Waals surface area contributed by atoms with Crippen molar-refractivity contribution in [2.75, 3.05) is 0 Å². The summed E-state index contributed by atoms with van der Waals surface area (Å²) in [5.74, 6) is 0. The van der Waals surface area contributed by atoms with Gasteiger partial charge in [0.05, 0.1) is 5.52 Å². The summed E-state index contributed by atoms with van der Waals surface area (Å²) >= 11 is 0. The van der Waals surface area contributed by atoms with Gasteiger partial charge < -0.3 is 4.57 Å². The Labute approximate surface area is 171 Å². The van der Waals surface area contributed by atoms with Gasteiger partial charge in [-0.3, -0.25) is 4.79 Å². The Morgan fingerprint density at radius 1 is 0.724 bits per heavy atom. The minimum atomic E-state index is 0.718. The summed E-state index contributed by atoms with van der Waals surface area (Å²) in [6, 6.07) is 34.7. The number of carbonyl (C=O) groups excluding carboxylic acids is 1. The predicted octanol–water partition coefficient (Wildman–Crippen LogP) is 6.98. The minimum absolute atomic E-state index is 0.718. The van der Waals surface area contributed by atoms with Gasteiger partial charge in [-0.05, 0) is 30.7 Å². The van der Waals surface area contributed by atoms with Gasteiger partial charge in [-0.1, -0.05) is 84.9 Å². The molecule has 29 heavy (non-hydrogen) atoms. The molecule has 0 aliphatic carbocycles. The molecule has 1 aromatic heterocycles. The largest absolute Gasteiger partial charge is 0.340 e. The number of aryl methyl sites for hydroxylation is 1. The molecule has 2 heteroatoms. The maximum atomic E-state index is 11.4. The zero-order chi connectivity index (χ0) is 20.1. The van der Waals surface area contributed by atoms with E-state index in [1.54, 1.807) is 0 Å². The first-order valence-corrected chi connectivity index (χ1v) is 9.89. The van der Waals surface area contributed by atoms with Crippen molar-refractivity contribution in [1.29, 1.82) is 0 Å². The number of nitrogens with zero attached hydrogens (tertiary/aromatic N) is 1. The number of aldehydes is 1. The second-order valence-corrected chi connectivity index (χ2v) is 6.86. The zero-order valence-electron chi connectivity index (χ0n) is 16.5. The molecule has 0 atom stereocenters. The molecule has 0 amide bonds. The Morgan fingerprint density at radius 3 is 1.93 bits per heavy atom. The highest BCUT2D eigenvalue weighted by Crippen LogP contribution is 2.36. The zero-order valence-corrected chi connectivity index (χ0v) is 16.5. The maximum absolute atomic E-state index is 11.4. The van der Waals surface area contributed by atoms with E-state index in [-0.39, 0.29) is 0 Å². The number of rotatable bonds is 3. The van der Waals surface area contributed by atoms with Crippen molar-refractivity contribution in [1.82, 2.24) is 4.57 Å². The third-order valence-electron chi connectivity index (χ3n) is 5.09. The Kier molecular flexibility index (Phi) is 5.53. The number of carbonyl (C=O) groups is 1. The molecule has 0 bridgehead atoms. The Morgan fingerprint density at radius 2 is 1.31 bits per heavy atom. The Bertz CT molecular complexity index is 1210. The average molecular weight is 377 g/mol. The molecule has 0 fully saturated rings. The van der Waals surface area contributed by atoms with E-state index in [0.717, 1.165) is 34.9 Å². The summed E-state index contributed by atoms with van der Waals surface area (Å²) in [6.07, 6.45) is 0.934. The first-order chi connectivity index (χ1) is 14.3. The van der Waals surface area contributed by atoms with Crippen molar-refractivity contribution in [2.24, 2.45) is 0 Å². The second-order valence-electron chi connectivity index (χ2n) is 6.86. The van der Waals surface area contributed by atoms with Crippen molar-refractivity contribution < 1.29 is 4.79 Å². The highest BCUT2D eigenvalue weighted by Gasteiger charge is 2.15. The molecule has 0 aliphatic rings. The van der Waals surface area contributed by atoms with Crippen LogP contribution >= 0.6 is 0 Å². The fourth-order valence-corrected chi connectivity index (χ4v) is 3.83. The summed E-state index contributed by atoms with van der Waals surface area (Å²) in [6.45, 7) is 3.05. The Hall–Kier alpha value is -3.65. The molecule has 5 rings (SSSR count). The lowest BCUT2D eigenvalue weighted by Crippen LogP contribution is -1.96. The summed E-state index contributed by atoms with van der Waals surface area (Å²) in [5.41, 5.74) is 5.38. The molecular formula is C27H23NO. The van der Waals surface area contributed by atoms with Gasteiger partial charge in [0, 0.05) is 34.0 Å². The van der Waals surface area contributed by atoms with Crippen LogP contribution in [0.1, 0.15) is 17.3 Å². The second kappa shape index (κ2) is 8.57. The number of aromatic nitrogens is 1. The smallest absolute Gasteiger partial charge is 0.150 e. The van der Waals surface area contributed by atoms with Gasteiger partial charge in [0.2, 0.25) is 0 Å². The first-order valence-electron chi connectivity index (χ1n) is 9.89. The van der Waals surface area contributed by atoms with Crippen molar-refractivity contribution in [3.05, 3.63) is 109 Å². The van der Waals surface area contributed by atoms with Gasteiger partial charge in [-0.25, -0.2) is 0 Å². The molecule has 0 spiro atoms. The van der Waals surface area contributed by atoms with Crippen LogP contribution in [0.25, 0.3) is 32.9 Å². The monoisotopic (exact) mass is 377 g/mol. The fourth-order valence-electron chi connectivity index (χ4n) is 3.83. The van der Waals surface area contributed by atoms with Crippen molar-refractivity contribution in [3.63, 3.8) is 0 Å². The molecular weight excluding hydrogens is 354 g/mol. The van der Waals surface area contributed by atoms with E-state index in [0.29, 0.717) is 0 Å². The highest BCUT2D eigenvalue weighted by molar-refractivity contribution is 6.14.